The number of nitrogens with zero attached hydrogens (tertiary/aromatic N) is 2. The van der Waals surface area contributed by atoms with Crippen molar-refractivity contribution in [3.8, 4) is 5.69 Å². The minimum atomic E-state index is -0.499. The van der Waals surface area contributed by atoms with Crippen molar-refractivity contribution in [2.75, 3.05) is 20.1 Å². The molecule has 1 aliphatic rings. The van der Waals surface area contributed by atoms with Crippen LogP contribution in [0.3, 0.4) is 0 Å². The van der Waals surface area contributed by atoms with E-state index in [2.05, 4.69) is 16.0 Å². The Kier molecular flexibility index (Phi) is 6.99. The van der Waals surface area contributed by atoms with Crippen LogP contribution in [-0.2, 0) is 0 Å². The van der Waals surface area contributed by atoms with Crippen molar-refractivity contribution in [3.05, 3.63) is 85.9 Å². The highest BCUT2D eigenvalue weighted by Gasteiger charge is 2.37. The molecule has 9 nitrogen and oxygen atoms in total. The second-order valence-corrected chi connectivity index (χ2v) is 9.39. The van der Waals surface area contributed by atoms with Gasteiger partial charge in [0.1, 0.15) is 0 Å². The second-order valence-electron chi connectivity index (χ2n) is 7.68. The first kappa shape index (κ1) is 23.5. The number of carbonyl (C=O) groups excluding carboxylic acids is 3. The maximum atomic E-state index is 12.9. The molecule has 0 bridgehead atoms. The molecule has 2 unspecified atom stereocenters. The summed E-state index contributed by atoms with van der Waals surface area (Å²) in [5, 5.41) is 8.39. The predicted molar refractivity (Wildman–Crippen MR) is 130 cm³/mol. The topological polar surface area (TPSA) is 113 Å². The molecule has 2 aromatic heterocycles. The van der Waals surface area contributed by atoms with Gasteiger partial charge >= 0.3 is 6.03 Å². The van der Waals surface area contributed by atoms with E-state index in [1.54, 1.807) is 54.7 Å². The summed E-state index contributed by atoms with van der Waals surface area (Å²) in [4.78, 5) is 51.7. The van der Waals surface area contributed by atoms with Gasteiger partial charge in [0.25, 0.3) is 17.4 Å². The van der Waals surface area contributed by atoms with Crippen LogP contribution in [0.5, 0.6) is 0 Å². The summed E-state index contributed by atoms with van der Waals surface area (Å²) in [6.45, 7) is 0.477. The molecule has 0 spiro atoms. The van der Waals surface area contributed by atoms with Gasteiger partial charge in [-0.1, -0.05) is 17.7 Å². The SMILES string of the molecule is CNC(=O)N1CC(NC(=O)c2ccc(-n3ccccc3=O)cc2)C(NC(=O)c2ccc(Cl)s2)C1. The number of nitrogens with one attached hydrogen (secondary N) is 3. The van der Waals surface area contributed by atoms with Crippen molar-refractivity contribution < 1.29 is 14.4 Å². The molecule has 0 radical (unpaired) electrons. The molecule has 4 amide bonds. The Balaban J connectivity index is 1.48. The third-order valence-electron chi connectivity index (χ3n) is 5.48. The Morgan fingerprint density at radius 1 is 0.941 bits per heavy atom. The minimum absolute atomic E-state index is 0.175. The fraction of sp³-hybridized carbons (Fsp3) is 0.217. The highest BCUT2D eigenvalue weighted by molar-refractivity contribution is 7.18. The van der Waals surface area contributed by atoms with E-state index < -0.39 is 12.1 Å². The molecular weight excluding hydrogens is 478 g/mol. The Morgan fingerprint density at radius 3 is 2.21 bits per heavy atom. The first-order valence-corrected chi connectivity index (χ1v) is 11.7. The number of thiophene rings is 1. The lowest BCUT2D eigenvalue weighted by Gasteiger charge is -2.20. The number of aromatic nitrogens is 1. The van der Waals surface area contributed by atoms with Crippen molar-refractivity contribution in [2.45, 2.75) is 12.1 Å². The summed E-state index contributed by atoms with van der Waals surface area (Å²) in [5.41, 5.74) is 0.848. The Bertz CT molecular complexity index is 1270. The normalized spacial score (nSPS) is 17.3. The number of rotatable bonds is 5. The maximum Gasteiger partial charge on any atom is 0.317 e. The lowest BCUT2D eigenvalue weighted by molar-refractivity contribution is 0.0898. The average Bonchev–Trinajstić information content (AvgIpc) is 3.45. The van der Waals surface area contributed by atoms with Crippen molar-refractivity contribution in [3.63, 3.8) is 0 Å². The molecule has 1 fully saturated rings. The van der Waals surface area contributed by atoms with Crippen LogP contribution in [0, 0.1) is 0 Å². The number of urea groups is 1. The summed E-state index contributed by atoms with van der Waals surface area (Å²) < 4.78 is 1.97. The van der Waals surface area contributed by atoms with Crippen LogP contribution >= 0.6 is 22.9 Å². The number of amides is 4. The number of hydrogen-bond acceptors (Lipinski definition) is 5. The van der Waals surface area contributed by atoms with E-state index in [0.717, 1.165) is 11.3 Å². The molecule has 0 saturated carbocycles. The Morgan fingerprint density at radius 2 is 1.62 bits per heavy atom. The summed E-state index contributed by atoms with van der Waals surface area (Å²) in [6, 6.07) is 13.4. The standard InChI is InChI=1S/C23H22ClN5O4S/c1-25-23(33)28-12-16(17(13-28)27-22(32)18-9-10-19(24)34-18)26-21(31)14-5-7-15(8-6-14)29-11-3-2-4-20(29)30/h2-11,16-17H,12-13H2,1H3,(H,25,33)(H,26,31)(H,27,32). The first-order chi connectivity index (χ1) is 16.4. The summed E-state index contributed by atoms with van der Waals surface area (Å²) in [7, 11) is 1.52. The Labute approximate surface area is 204 Å². The zero-order valence-corrected chi connectivity index (χ0v) is 19.7. The maximum absolute atomic E-state index is 12.9. The van der Waals surface area contributed by atoms with Gasteiger partial charge in [-0.15, -0.1) is 11.3 Å². The van der Waals surface area contributed by atoms with Crippen molar-refractivity contribution in [1.82, 2.24) is 25.4 Å². The van der Waals surface area contributed by atoms with Gasteiger partial charge in [-0.2, -0.15) is 0 Å². The van der Waals surface area contributed by atoms with Gasteiger partial charge < -0.3 is 20.9 Å². The lowest BCUT2D eigenvalue weighted by Crippen LogP contribution is -2.50. The van der Waals surface area contributed by atoms with Crippen LogP contribution in [0.2, 0.25) is 4.34 Å². The van der Waals surface area contributed by atoms with Crippen molar-refractivity contribution >= 4 is 40.8 Å². The van der Waals surface area contributed by atoms with Crippen LogP contribution in [0.25, 0.3) is 5.69 Å². The molecule has 1 aromatic carbocycles. The smallest absolute Gasteiger partial charge is 0.317 e. The molecule has 176 valence electrons. The molecule has 4 rings (SSSR count). The monoisotopic (exact) mass is 499 g/mol. The third kappa shape index (κ3) is 5.13. The van der Waals surface area contributed by atoms with E-state index in [9.17, 15) is 19.2 Å². The number of halogens is 1. The summed E-state index contributed by atoms with van der Waals surface area (Å²) >= 11 is 7.08. The molecule has 2 atom stereocenters. The van der Waals surface area contributed by atoms with Crippen LogP contribution in [0.15, 0.2) is 65.6 Å². The van der Waals surface area contributed by atoms with Crippen LogP contribution in [-0.4, -0.2) is 59.5 Å². The zero-order chi connectivity index (χ0) is 24.2. The molecule has 3 heterocycles. The molecule has 34 heavy (non-hydrogen) atoms. The van der Waals surface area contributed by atoms with Gasteiger partial charge in [0, 0.05) is 43.7 Å². The van der Waals surface area contributed by atoms with Crippen LogP contribution in [0.1, 0.15) is 20.0 Å². The van der Waals surface area contributed by atoms with Gasteiger partial charge in [0.2, 0.25) is 0 Å². The Hall–Kier alpha value is -3.63. The zero-order valence-electron chi connectivity index (χ0n) is 18.2. The van der Waals surface area contributed by atoms with E-state index in [1.807, 2.05) is 0 Å². The minimum Gasteiger partial charge on any atom is -0.345 e. The van der Waals surface area contributed by atoms with Gasteiger partial charge in [0.05, 0.1) is 21.3 Å². The number of pyridine rings is 1. The van der Waals surface area contributed by atoms with Crippen molar-refractivity contribution in [2.24, 2.45) is 0 Å². The third-order valence-corrected chi connectivity index (χ3v) is 6.71. The number of likely N-dealkylation sites (tertiary alicyclic amines) is 1. The molecule has 11 heteroatoms. The van der Waals surface area contributed by atoms with E-state index in [-0.39, 0.29) is 36.5 Å². The van der Waals surface area contributed by atoms with Crippen LogP contribution < -0.4 is 21.5 Å². The van der Waals surface area contributed by atoms with Crippen LogP contribution in [0.4, 0.5) is 4.79 Å². The summed E-state index contributed by atoms with van der Waals surface area (Å²) in [6.07, 6.45) is 1.65. The molecule has 3 N–H and O–H groups in total. The highest BCUT2D eigenvalue weighted by atomic mass is 35.5. The number of benzene rings is 1. The van der Waals surface area contributed by atoms with Gasteiger partial charge in [0.15, 0.2) is 0 Å². The van der Waals surface area contributed by atoms with Gasteiger partial charge in [-0.05, 0) is 42.5 Å². The highest BCUT2D eigenvalue weighted by Crippen LogP contribution is 2.22. The first-order valence-electron chi connectivity index (χ1n) is 10.5. The molecular formula is C23H22ClN5O4S. The fourth-order valence-corrected chi connectivity index (χ4v) is 4.71. The van der Waals surface area contributed by atoms with E-state index >= 15 is 0 Å². The largest absolute Gasteiger partial charge is 0.345 e. The quantitative estimate of drug-likeness (QED) is 0.499. The van der Waals surface area contributed by atoms with Gasteiger partial charge in [-0.3, -0.25) is 19.0 Å². The molecule has 1 aliphatic heterocycles. The lowest BCUT2D eigenvalue weighted by atomic mass is 10.1. The molecule has 0 aliphatic carbocycles. The number of carbonyl (C=O) groups is 3. The predicted octanol–water partition coefficient (Wildman–Crippen LogP) is 2.10. The fourth-order valence-electron chi connectivity index (χ4n) is 3.76. The summed E-state index contributed by atoms with van der Waals surface area (Å²) in [5.74, 6) is -0.674. The average molecular weight is 500 g/mol. The van der Waals surface area contributed by atoms with E-state index in [0.29, 0.717) is 20.5 Å². The second kappa shape index (κ2) is 10.1. The molecule has 3 aromatic rings. The molecule has 1 saturated heterocycles. The number of hydrogen-bond donors (Lipinski definition) is 3. The van der Waals surface area contributed by atoms with E-state index in [1.165, 1.54) is 22.6 Å². The van der Waals surface area contributed by atoms with E-state index in [4.69, 9.17) is 11.6 Å². The van der Waals surface area contributed by atoms with Crippen molar-refractivity contribution in [1.29, 1.82) is 0 Å². The van der Waals surface area contributed by atoms with Gasteiger partial charge in [-0.25, -0.2) is 4.79 Å².